The number of piperidine rings is 1. The molecule has 1 fully saturated rings. The summed E-state index contributed by atoms with van der Waals surface area (Å²) >= 11 is 0. The quantitative estimate of drug-likeness (QED) is 0.870. The molecule has 23 heavy (non-hydrogen) atoms. The highest BCUT2D eigenvalue weighted by molar-refractivity contribution is 5.67. The van der Waals surface area contributed by atoms with Gasteiger partial charge in [0.2, 0.25) is 0 Å². The van der Waals surface area contributed by atoms with Crippen LogP contribution < -0.4 is 5.32 Å². The fourth-order valence-corrected chi connectivity index (χ4v) is 2.79. The molecular formula is C16H22F2N2O3. The summed E-state index contributed by atoms with van der Waals surface area (Å²) < 4.78 is 31.8. The zero-order chi connectivity index (χ0) is 16.8. The number of alkyl carbamates (subject to hydrolysis) is 1. The first-order chi connectivity index (χ1) is 11.0. The van der Waals surface area contributed by atoms with Crippen molar-refractivity contribution in [3.05, 3.63) is 35.4 Å². The molecule has 128 valence electrons. The monoisotopic (exact) mass is 328 g/mol. The topological polar surface area (TPSA) is 61.8 Å². The van der Waals surface area contributed by atoms with Crippen LogP contribution in [-0.4, -0.2) is 48.4 Å². The fraction of sp³-hybridized carbons (Fsp3) is 0.562. The largest absolute Gasteiger partial charge is 0.450 e. The molecular weight excluding hydrogens is 306 g/mol. The van der Waals surface area contributed by atoms with Crippen LogP contribution in [0.25, 0.3) is 0 Å². The molecule has 0 spiro atoms. The van der Waals surface area contributed by atoms with E-state index in [0.717, 1.165) is 37.6 Å². The minimum absolute atomic E-state index is 0.0505. The van der Waals surface area contributed by atoms with Crippen molar-refractivity contribution in [2.45, 2.75) is 31.9 Å². The van der Waals surface area contributed by atoms with E-state index in [0.29, 0.717) is 13.2 Å². The van der Waals surface area contributed by atoms with Gasteiger partial charge in [-0.05, 0) is 44.5 Å². The van der Waals surface area contributed by atoms with Crippen LogP contribution in [0.4, 0.5) is 13.6 Å². The lowest BCUT2D eigenvalue weighted by atomic mass is 10.0. The van der Waals surface area contributed by atoms with Crippen molar-refractivity contribution >= 4 is 6.09 Å². The highest BCUT2D eigenvalue weighted by atomic mass is 19.1. The maximum absolute atomic E-state index is 13.7. The van der Waals surface area contributed by atoms with Gasteiger partial charge in [-0.15, -0.1) is 0 Å². The smallest absolute Gasteiger partial charge is 0.407 e. The number of rotatable bonds is 5. The van der Waals surface area contributed by atoms with Crippen LogP contribution in [-0.2, 0) is 4.74 Å². The van der Waals surface area contributed by atoms with E-state index in [1.165, 1.54) is 0 Å². The van der Waals surface area contributed by atoms with Gasteiger partial charge in [-0.2, -0.15) is 0 Å². The second-order valence-corrected chi connectivity index (χ2v) is 5.65. The molecule has 1 heterocycles. The third kappa shape index (κ3) is 5.14. The van der Waals surface area contributed by atoms with Crippen LogP contribution in [0.1, 0.15) is 31.4 Å². The summed E-state index contributed by atoms with van der Waals surface area (Å²) in [5.74, 6) is -1.21. The highest BCUT2D eigenvalue weighted by Gasteiger charge is 2.24. The molecule has 1 aromatic rings. The third-order valence-corrected chi connectivity index (χ3v) is 3.85. The standard InChI is InChI=1S/C16H22F2N2O3/c1-2-23-16(22)19-12-4-3-7-20(9-12)10-15(21)13-8-11(17)5-6-14(13)18/h5-6,8,12,15,21H,2-4,7,9-10H2,1H3,(H,19,22). The molecule has 2 atom stereocenters. The Morgan fingerprint density at radius 2 is 2.30 bits per heavy atom. The van der Waals surface area contributed by atoms with E-state index in [-0.39, 0.29) is 18.2 Å². The molecule has 5 nitrogen and oxygen atoms in total. The van der Waals surface area contributed by atoms with E-state index in [2.05, 4.69) is 5.32 Å². The third-order valence-electron chi connectivity index (χ3n) is 3.85. The molecule has 2 N–H and O–H groups in total. The molecule has 2 rings (SSSR count). The molecule has 0 aromatic heterocycles. The van der Waals surface area contributed by atoms with Gasteiger partial charge in [0, 0.05) is 24.7 Å². The number of β-amino-alcohol motifs (C(OH)–C–C–N with tert-alkyl or cyclic N) is 1. The molecule has 0 aliphatic carbocycles. The molecule has 0 saturated carbocycles. The number of halogens is 2. The van der Waals surface area contributed by atoms with E-state index in [1.807, 2.05) is 4.90 Å². The molecule has 2 unspecified atom stereocenters. The summed E-state index contributed by atoms with van der Waals surface area (Å²) in [6, 6.07) is 2.96. The fourth-order valence-electron chi connectivity index (χ4n) is 2.79. The lowest BCUT2D eigenvalue weighted by Gasteiger charge is -2.34. The number of ether oxygens (including phenoxy) is 1. The summed E-state index contributed by atoms with van der Waals surface area (Å²) in [5.41, 5.74) is -0.0505. The van der Waals surface area contributed by atoms with Crippen LogP contribution in [0.2, 0.25) is 0 Å². The highest BCUT2D eigenvalue weighted by Crippen LogP contribution is 2.21. The number of benzene rings is 1. The van der Waals surface area contributed by atoms with Gasteiger partial charge in [-0.1, -0.05) is 0 Å². The minimum Gasteiger partial charge on any atom is -0.450 e. The summed E-state index contributed by atoms with van der Waals surface area (Å²) in [6.45, 7) is 3.49. The van der Waals surface area contributed by atoms with Crippen LogP contribution in [0.15, 0.2) is 18.2 Å². The normalized spacial score (nSPS) is 20.1. The second-order valence-electron chi connectivity index (χ2n) is 5.65. The Morgan fingerprint density at radius 3 is 3.04 bits per heavy atom. The summed E-state index contributed by atoms with van der Waals surface area (Å²) in [7, 11) is 0. The van der Waals surface area contributed by atoms with E-state index in [9.17, 15) is 18.7 Å². The Balaban J connectivity index is 1.91. The average Bonchev–Trinajstić information content (AvgIpc) is 2.50. The first kappa shape index (κ1) is 17.6. The van der Waals surface area contributed by atoms with E-state index in [4.69, 9.17) is 4.74 Å². The second kappa shape index (κ2) is 8.21. The summed E-state index contributed by atoms with van der Waals surface area (Å²) in [5, 5.41) is 12.9. The van der Waals surface area contributed by atoms with E-state index in [1.54, 1.807) is 6.92 Å². The zero-order valence-electron chi connectivity index (χ0n) is 13.1. The number of hydrogen-bond acceptors (Lipinski definition) is 4. The van der Waals surface area contributed by atoms with Crippen LogP contribution in [0.3, 0.4) is 0 Å². The van der Waals surface area contributed by atoms with Crippen molar-refractivity contribution in [3.8, 4) is 0 Å². The Bertz CT molecular complexity index is 542. The number of carbonyl (C=O) groups excluding carboxylic acids is 1. The molecule has 1 aromatic carbocycles. The predicted molar refractivity (Wildman–Crippen MR) is 80.9 cm³/mol. The maximum atomic E-state index is 13.7. The molecule has 0 radical (unpaired) electrons. The van der Waals surface area contributed by atoms with Crippen LogP contribution >= 0.6 is 0 Å². The number of nitrogens with zero attached hydrogens (tertiary/aromatic N) is 1. The maximum Gasteiger partial charge on any atom is 0.407 e. The number of amides is 1. The summed E-state index contributed by atoms with van der Waals surface area (Å²) in [4.78, 5) is 13.4. The first-order valence-corrected chi connectivity index (χ1v) is 7.78. The Morgan fingerprint density at radius 1 is 1.52 bits per heavy atom. The first-order valence-electron chi connectivity index (χ1n) is 7.78. The van der Waals surface area contributed by atoms with Gasteiger partial charge >= 0.3 is 6.09 Å². The van der Waals surface area contributed by atoms with Gasteiger partial charge < -0.3 is 15.2 Å². The van der Waals surface area contributed by atoms with Crippen LogP contribution in [0, 0.1) is 11.6 Å². The molecule has 1 aliphatic rings. The van der Waals surface area contributed by atoms with E-state index < -0.39 is 23.8 Å². The van der Waals surface area contributed by atoms with E-state index >= 15 is 0 Å². The lowest BCUT2D eigenvalue weighted by Crippen LogP contribution is -2.48. The van der Waals surface area contributed by atoms with Crippen molar-refractivity contribution < 1.29 is 23.4 Å². The van der Waals surface area contributed by atoms with Gasteiger partial charge in [0.15, 0.2) is 0 Å². The average molecular weight is 328 g/mol. The van der Waals surface area contributed by atoms with Crippen molar-refractivity contribution in [3.63, 3.8) is 0 Å². The number of carbonyl (C=O) groups is 1. The van der Waals surface area contributed by atoms with Crippen LogP contribution in [0.5, 0.6) is 0 Å². The number of likely N-dealkylation sites (tertiary alicyclic amines) is 1. The van der Waals surface area contributed by atoms with Gasteiger partial charge in [-0.3, -0.25) is 4.90 Å². The number of hydrogen-bond donors (Lipinski definition) is 2. The molecule has 1 amide bonds. The summed E-state index contributed by atoms with van der Waals surface area (Å²) in [6.07, 6.45) is 0.0814. The molecule has 7 heteroatoms. The molecule has 1 saturated heterocycles. The Hall–Kier alpha value is -1.73. The minimum atomic E-state index is -1.12. The van der Waals surface area contributed by atoms with Gasteiger partial charge in [0.05, 0.1) is 12.7 Å². The SMILES string of the molecule is CCOC(=O)NC1CCCN(CC(O)c2cc(F)ccc2F)C1. The lowest BCUT2D eigenvalue weighted by molar-refractivity contribution is 0.0856. The van der Waals surface area contributed by atoms with Gasteiger partial charge in [0.1, 0.15) is 11.6 Å². The number of nitrogens with one attached hydrogen (secondary N) is 1. The Labute approximate surface area is 134 Å². The Kier molecular flexibility index (Phi) is 6.29. The molecule has 1 aliphatic heterocycles. The van der Waals surface area contributed by atoms with Gasteiger partial charge in [0.25, 0.3) is 0 Å². The van der Waals surface area contributed by atoms with Crippen molar-refractivity contribution in [1.82, 2.24) is 10.2 Å². The van der Waals surface area contributed by atoms with Crippen molar-refractivity contribution in [2.24, 2.45) is 0 Å². The number of aliphatic hydroxyl groups excluding tert-OH is 1. The zero-order valence-corrected chi connectivity index (χ0v) is 13.1. The predicted octanol–water partition coefficient (Wildman–Crippen LogP) is 2.21. The number of aliphatic hydroxyl groups is 1. The van der Waals surface area contributed by atoms with Gasteiger partial charge in [-0.25, -0.2) is 13.6 Å². The van der Waals surface area contributed by atoms with Crippen molar-refractivity contribution in [1.29, 1.82) is 0 Å². The molecule has 0 bridgehead atoms. The van der Waals surface area contributed by atoms with Crippen molar-refractivity contribution in [2.75, 3.05) is 26.2 Å².